The van der Waals surface area contributed by atoms with Gasteiger partial charge in [0.05, 0.1) is 22.1 Å². The molecule has 0 bridgehead atoms. The highest BCUT2D eigenvalue weighted by atomic mass is 16.7. The van der Waals surface area contributed by atoms with Crippen LogP contribution in [0.4, 0.5) is 5.69 Å². The minimum Gasteiger partial charge on any atom is -0.454 e. The van der Waals surface area contributed by atoms with Gasteiger partial charge in [-0.05, 0) is 49.4 Å². The number of nitrogens with zero attached hydrogens (tertiary/aromatic N) is 2. The first-order valence-corrected chi connectivity index (χ1v) is 10.4. The molecule has 0 spiro atoms. The van der Waals surface area contributed by atoms with Gasteiger partial charge in [0.15, 0.2) is 11.5 Å². The number of H-pyrrole nitrogens is 1. The van der Waals surface area contributed by atoms with Crippen molar-refractivity contribution in [3.8, 4) is 17.2 Å². The van der Waals surface area contributed by atoms with Gasteiger partial charge in [-0.3, -0.25) is 19.7 Å². The predicted molar refractivity (Wildman–Crippen MR) is 124 cm³/mol. The average Bonchev–Trinajstić information content (AvgIpc) is 3.43. The fourth-order valence-electron chi connectivity index (χ4n) is 3.95. The first-order chi connectivity index (χ1) is 16.1. The molecule has 1 aliphatic heterocycles. The molecule has 2 N–H and O–H groups in total. The molecule has 0 radical (unpaired) electrons. The number of rotatable bonds is 3. The summed E-state index contributed by atoms with van der Waals surface area (Å²) in [6.45, 7) is 2.16. The van der Waals surface area contributed by atoms with E-state index in [-0.39, 0.29) is 18.3 Å². The Hall–Kier alpha value is -4.59. The first-order valence-electron chi connectivity index (χ1n) is 10.4. The molecule has 1 aliphatic rings. The topological polar surface area (TPSA) is 98.2 Å². The summed E-state index contributed by atoms with van der Waals surface area (Å²) in [5.41, 5.74) is 3.99. The molecule has 0 unspecified atom stereocenters. The van der Waals surface area contributed by atoms with Crippen molar-refractivity contribution in [2.45, 2.75) is 6.92 Å². The van der Waals surface area contributed by atoms with Crippen molar-refractivity contribution in [1.82, 2.24) is 14.8 Å². The maximum atomic E-state index is 13.0. The molecule has 6 rings (SSSR count). The van der Waals surface area contributed by atoms with Crippen molar-refractivity contribution < 1.29 is 14.3 Å². The molecule has 8 heteroatoms. The molecular weight excluding hydrogens is 420 g/mol. The maximum Gasteiger partial charge on any atom is 0.280 e. The summed E-state index contributed by atoms with van der Waals surface area (Å²) < 4.78 is 12.2. The lowest BCUT2D eigenvalue weighted by Crippen LogP contribution is -2.14. The average molecular weight is 438 g/mol. The Morgan fingerprint density at radius 1 is 1.00 bits per heavy atom. The first kappa shape index (κ1) is 19.1. The number of carbonyl (C=O) groups is 1. The fourth-order valence-corrected chi connectivity index (χ4v) is 3.95. The minimum absolute atomic E-state index is 0.168. The van der Waals surface area contributed by atoms with Gasteiger partial charge in [0.2, 0.25) is 6.79 Å². The summed E-state index contributed by atoms with van der Waals surface area (Å²) in [4.78, 5) is 30.4. The number of aromatic nitrogens is 3. The smallest absolute Gasteiger partial charge is 0.280 e. The highest BCUT2D eigenvalue weighted by Gasteiger charge is 2.17. The van der Waals surface area contributed by atoms with Gasteiger partial charge in [-0.15, -0.1) is 0 Å². The van der Waals surface area contributed by atoms with Crippen LogP contribution in [0.2, 0.25) is 0 Å². The number of nitrogens with one attached hydrogen (secondary N) is 2. The fraction of sp³-hybridized carbons (Fsp3) is 0.0800. The Morgan fingerprint density at radius 3 is 2.67 bits per heavy atom. The monoisotopic (exact) mass is 438 g/mol. The van der Waals surface area contributed by atoms with E-state index in [1.807, 2.05) is 31.2 Å². The standard InChI is InChI=1S/C25H18N4O4/c1-14-2-6-17(7-3-14)29-25(31)19-12-26-20-8-4-15(10-18(20)23(19)28-29)24(30)27-16-5-9-21-22(11-16)33-13-32-21/h2-12,28H,13H2,1H3,(H,27,30). The predicted octanol–water partition coefficient (Wildman–Crippen LogP) is 4.16. The van der Waals surface area contributed by atoms with Crippen molar-refractivity contribution in [3.63, 3.8) is 0 Å². The molecule has 8 nitrogen and oxygen atoms in total. The third kappa shape index (κ3) is 3.20. The third-order valence-corrected chi connectivity index (χ3v) is 5.71. The molecule has 162 valence electrons. The van der Waals surface area contributed by atoms with E-state index in [0.29, 0.717) is 44.6 Å². The molecule has 0 atom stereocenters. The van der Waals surface area contributed by atoms with Gasteiger partial charge in [0.25, 0.3) is 11.5 Å². The number of aryl methyl sites for hydroxylation is 1. The lowest BCUT2D eigenvalue weighted by atomic mass is 10.1. The number of pyridine rings is 1. The molecule has 3 aromatic carbocycles. The quantitative estimate of drug-likeness (QED) is 0.441. The van der Waals surface area contributed by atoms with Crippen LogP contribution < -0.4 is 20.3 Å². The molecule has 5 aromatic rings. The van der Waals surface area contributed by atoms with Crippen LogP contribution in [0.3, 0.4) is 0 Å². The number of hydrogen-bond acceptors (Lipinski definition) is 5. The molecule has 0 fully saturated rings. The summed E-state index contributed by atoms with van der Waals surface area (Å²) in [5.74, 6) is 0.953. The van der Waals surface area contributed by atoms with Gasteiger partial charge in [0.1, 0.15) is 0 Å². The number of amides is 1. The maximum absolute atomic E-state index is 13.0. The summed E-state index contributed by atoms with van der Waals surface area (Å²) in [6, 6.07) is 18.1. The zero-order valence-corrected chi connectivity index (χ0v) is 17.6. The zero-order chi connectivity index (χ0) is 22.5. The van der Waals surface area contributed by atoms with E-state index < -0.39 is 0 Å². The van der Waals surface area contributed by atoms with Crippen LogP contribution in [0.25, 0.3) is 27.5 Å². The Bertz CT molecular complexity index is 1620. The molecule has 1 amide bonds. The van der Waals surface area contributed by atoms with Gasteiger partial charge >= 0.3 is 0 Å². The van der Waals surface area contributed by atoms with Crippen LogP contribution in [-0.4, -0.2) is 27.5 Å². The van der Waals surface area contributed by atoms with Crippen LogP contribution in [0.1, 0.15) is 15.9 Å². The molecule has 0 saturated heterocycles. The molecular formula is C25H18N4O4. The lowest BCUT2D eigenvalue weighted by molar-refractivity contribution is 0.102. The van der Waals surface area contributed by atoms with Crippen molar-refractivity contribution in [1.29, 1.82) is 0 Å². The van der Waals surface area contributed by atoms with Gasteiger partial charge in [-0.25, -0.2) is 4.68 Å². The van der Waals surface area contributed by atoms with Crippen molar-refractivity contribution in [2.75, 3.05) is 12.1 Å². The number of carbonyl (C=O) groups excluding carboxylic acids is 1. The van der Waals surface area contributed by atoms with Gasteiger partial charge in [-0.1, -0.05) is 17.7 Å². The van der Waals surface area contributed by atoms with Crippen molar-refractivity contribution in [2.24, 2.45) is 0 Å². The summed E-state index contributed by atoms with van der Waals surface area (Å²) in [7, 11) is 0. The molecule has 2 aromatic heterocycles. The summed E-state index contributed by atoms with van der Waals surface area (Å²) in [6.07, 6.45) is 1.56. The Balaban J connectivity index is 1.40. The van der Waals surface area contributed by atoms with Crippen molar-refractivity contribution >= 4 is 33.4 Å². The molecule has 0 saturated carbocycles. The molecule has 0 aliphatic carbocycles. The van der Waals surface area contributed by atoms with E-state index in [9.17, 15) is 9.59 Å². The third-order valence-electron chi connectivity index (χ3n) is 5.71. The summed E-state index contributed by atoms with van der Waals surface area (Å²) >= 11 is 0. The second-order valence-electron chi connectivity index (χ2n) is 7.89. The number of hydrogen-bond donors (Lipinski definition) is 2. The van der Waals surface area contributed by atoms with Crippen LogP contribution in [0.15, 0.2) is 71.7 Å². The summed E-state index contributed by atoms with van der Waals surface area (Å²) in [5, 5.41) is 7.21. The van der Waals surface area contributed by atoms with Gasteiger partial charge in [0, 0.05) is 28.9 Å². The highest BCUT2D eigenvalue weighted by Crippen LogP contribution is 2.34. The van der Waals surface area contributed by atoms with E-state index >= 15 is 0 Å². The lowest BCUT2D eigenvalue weighted by Gasteiger charge is -2.07. The zero-order valence-electron chi connectivity index (χ0n) is 17.6. The van der Waals surface area contributed by atoms with Crippen LogP contribution >= 0.6 is 0 Å². The number of aromatic amines is 1. The van der Waals surface area contributed by atoms with Crippen LogP contribution in [0.5, 0.6) is 11.5 Å². The number of benzene rings is 3. The normalized spacial score (nSPS) is 12.4. The van der Waals surface area contributed by atoms with E-state index in [4.69, 9.17) is 9.47 Å². The van der Waals surface area contributed by atoms with Crippen LogP contribution in [-0.2, 0) is 0 Å². The van der Waals surface area contributed by atoms with E-state index in [1.54, 1.807) is 42.6 Å². The molecule has 3 heterocycles. The Kier molecular flexibility index (Phi) is 4.19. The van der Waals surface area contributed by atoms with E-state index in [0.717, 1.165) is 11.3 Å². The SMILES string of the molecule is Cc1ccc(-n2[nH]c3c(cnc4ccc(C(=O)Nc5ccc6c(c5)OCO6)cc43)c2=O)cc1. The second-order valence-corrected chi connectivity index (χ2v) is 7.89. The van der Waals surface area contributed by atoms with Crippen LogP contribution in [0, 0.1) is 6.92 Å². The van der Waals surface area contributed by atoms with Gasteiger partial charge in [-0.2, -0.15) is 0 Å². The van der Waals surface area contributed by atoms with E-state index in [1.165, 1.54) is 4.68 Å². The number of ether oxygens (including phenoxy) is 2. The van der Waals surface area contributed by atoms with Crippen molar-refractivity contribution in [3.05, 3.63) is 88.3 Å². The largest absolute Gasteiger partial charge is 0.454 e. The number of fused-ring (bicyclic) bond motifs is 4. The van der Waals surface area contributed by atoms with Gasteiger partial charge < -0.3 is 14.8 Å². The minimum atomic E-state index is -0.284. The molecule has 33 heavy (non-hydrogen) atoms. The number of anilines is 1. The Labute approximate surface area is 187 Å². The highest BCUT2D eigenvalue weighted by molar-refractivity contribution is 6.10. The second kappa shape index (κ2) is 7.23. The van der Waals surface area contributed by atoms with E-state index in [2.05, 4.69) is 15.4 Å². The Morgan fingerprint density at radius 2 is 1.82 bits per heavy atom.